The van der Waals surface area contributed by atoms with E-state index in [4.69, 9.17) is 28.4 Å². The summed E-state index contributed by atoms with van der Waals surface area (Å²) in [4.78, 5) is 13.0. The van der Waals surface area contributed by atoms with Crippen LogP contribution in [0.25, 0.3) is 0 Å². The molecule has 390 valence electrons. The van der Waals surface area contributed by atoms with E-state index in [1.54, 1.807) is 0 Å². The van der Waals surface area contributed by atoms with Gasteiger partial charge in [-0.25, -0.2) is 0 Å². The second-order valence-electron chi connectivity index (χ2n) is 18.3. The van der Waals surface area contributed by atoms with E-state index < -0.39 is 86.7 Å². The van der Waals surface area contributed by atoms with Gasteiger partial charge in [0, 0.05) is 13.0 Å². The summed E-state index contributed by atoms with van der Waals surface area (Å²) in [6.45, 7) is 3.60. The lowest BCUT2D eigenvalue weighted by molar-refractivity contribution is -0.332. The van der Waals surface area contributed by atoms with E-state index in [1.165, 1.54) is 77.0 Å². The van der Waals surface area contributed by atoms with E-state index in [0.717, 1.165) is 77.0 Å². The highest BCUT2D eigenvalue weighted by atomic mass is 16.7. The quantitative estimate of drug-likeness (QED) is 0.0176. The van der Waals surface area contributed by atoms with Crippen LogP contribution in [0.15, 0.2) is 48.6 Å². The van der Waals surface area contributed by atoms with Crippen molar-refractivity contribution >= 4 is 5.97 Å². The maximum Gasteiger partial charge on any atom is 0.306 e. The third-order valence-corrected chi connectivity index (χ3v) is 12.3. The van der Waals surface area contributed by atoms with Crippen LogP contribution in [-0.2, 0) is 33.2 Å². The van der Waals surface area contributed by atoms with E-state index in [0.29, 0.717) is 13.0 Å². The first-order valence-corrected chi connectivity index (χ1v) is 26.2. The molecule has 2 aliphatic heterocycles. The Balaban J connectivity index is 1.77. The molecule has 2 heterocycles. The number of carbonyl (C=O) groups excluding carboxylic acids is 1. The number of allylic oxidation sites excluding steroid dienone is 8. The zero-order valence-corrected chi connectivity index (χ0v) is 41.4. The molecule has 0 spiro atoms. The van der Waals surface area contributed by atoms with Crippen molar-refractivity contribution in [3.63, 3.8) is 0 Å². The Labute approximate surface area is 403 Å². The van der Waals surface area contributed by atoms with Crippen LogP contribution in [0.3, 0.4) is 0 Å². The summed E-state index contributed by atoms with van der Waals surface area (Å²) in [7, 11) is 0. The molecule has 0 amide bonds. The number of unbranched alkanes of at least 4 members (excludes halogenated alkanes) is 19. The van der Waals surface area contributed by atoms with Crippen LogP contribution >= 0.6 is 0 Å². The normalized spacial score (nSPS) is 26.5. The van der Waals surface area contributed by atoms with Gasteiger partial charge in [-0.1, -0.05) is 146 Å². The average molecular weight is 955 g/mol. The average Bonchev–Trinajstić information content (AvgIpc) is 3.32. The highest BCUT2D eigenvalue weighted by molar-refractivity contribution is 5.69. The fourth-order valence-electron chi connectivity index (χ4n) is 7.99. The molecular weight excluding hydrogens is 861 g/mol. The van der Waals surface area contributed by atoms with E-state index in [9.17, 15) is 40.5 Å². The number of aliphatic hydroxyl groups excluding tert-OH is 7. The van der Waals surface area contributed by atoms with Crippen molar-refractivity contribution < 1.29 is 69.0 Å². The maximum absolute atomic E-state index is 13.0. The van der Waals surface area contributed by atoms with E-state index in [1.807, 2.05) is 0 Å². The number of hydrogen-bond acceptors (Lipinski definition) is 14. The van der Waals surface area contributed by atoms with Crippen LogP contribution in [0.2, 0.25) is 0 Å². The number of rotatable bonds is 41. The number of carbonyl (C=O) groups is 1. The Morgan fingerprint density at radius 1 is 0.493 bits per heavy atom. The molecule has 14 heteroatoms. The Morgan fingerprint density at radius 2 is 0.925 bits per heavy atom. The molecule has 11 atom stereocenters. The molecule has 67 heavy (non-hydrogen) atoms. The Kier molecular flexibility index (Phi) is 37.1. The maximum atomic E-state index is 13.0. The van der Waals surface area contributed by atoms with Crippen LogP contribution in [0.1, 0.15) is 181 Å². The number of ether oxygens (including phenoxy) is 6. The van der Waals surface area contributed by atoms with Gasteiger partial charge in [0.05, 0.1) is 26.4 Å². The predicted molar refractivity (Wildman–Crippen MR) is 261 cm³/mol. The summed E-state index contributed by atoms with van der Waals surface area (Å²) < 4.78 is 34.3. The lowest BCUT2D eigenvalue weighted by Crippen LogP contribution is -2.61. The molecule has 0 aromatic heterocycles. The van der Waals surface area contributed by atoms with Crippen molar-refractivity contribution in [2.24, 2.45) is 0 Å². The molecule has 2 aliphatic rings. The van der Waals surface area contributed by atoms with Crippen LogP contribution in [0.5, 0.6) is 0 Å². The summed E-state index contributed by atoms with van der Waals surface area (Å²) in [5.74, 6) is -0.393. The fraction of sp³-hybridized carbons (Fsp3) is 0.830. The molecule has 0 aliphatic carbocycles. The lowest BCUT2D eigenvalue weighted by atomic mass is 9.98. The standard InChI is InChI=1S/C53H94O14/c1-3-5-7-9-11-13-15-17-19-20-21-23-25-27-29-31-33-35-37-62-39-42(65-45(55)36-34-32-30-28-26-24-22-18-16-14-12-10-8-6-4-2)40-63-52-51(61)49(59)47(57)44(67-52)41-64-53-50(60)48(58)46(56)43(38-54)66-53/h11-14,17-19,22,42-44,46-54,56-61H,3-10,15-16,20-21,23-41H2,1-2H3/b13-11-,14-12-,19-17-,22-18-. The molecule has 11 unspecified atom stereocenters. The van der Waals surface area contributed by atoms with Crippen LogP contribution in [0.4, 0.5) is 0 Å². The zero-order valence-electron chi connectivity index (χ0n) is 41.4. The van der Waals surface area contributed by atoms with Crippen molar-refractivity contribution in [2.75, 3.05) is 33.0 Å². The van der Waals surface area contributed by atoms with Gasteiger partial charge in [0.1, 0.15) is 54.9 Å². The van der Waals surface area contributed by atoms with Crippen molar-refractivity contribution in [3.8, 4) is 0 Å². The van der Waals surface area contributed by atoms with E-state index in [2.05, 4.69) is 62.5 Å². The summed E-state index contributed by atoms with van der Waals surface area (Å²) in [6, 6.07) is 0. The number of esters is 1. The molecular formula is C53H94O14. The van der Waals surface area contributed by atoms with Gasteiger partial charge in [-0.3, -0.25) is 4.79 Å². The van der Waals surface area contributed by atoms with Gasteiger partial charge in [-0.15, -0.1) is 0 Å². The largest absolute Gasteiger partial charge is 0.457 e. The third kappa shape index (κ3) is 28.4. The monoisotopic (exact) mass is 955 g/mol. The fourth-order valence-corrected chi connectivity index (χ4v) is 7.99. The van der Waals surface area contributed by atoms with E-state index >= 15 is 0 Å². The van der Waals surface area contributed by atoms with Gasteiger partial charge in [-0.05, 0) is 77.0 Å². The molecule has 2 fully saturated rings. The first kappa shape index (κ1) is 61.1. The lowest BCUT2D eigenvalue weighted by Gasteiger charge is -2.42. The van der Waals surface area contributed by atoms with Crippen molar-refractivity contribution in [3.05, 3.63) is 48.6 Å². The van der Waals surface area contributed by atoms with Gasteiger partial charge in [0.15, 0.2) is 12.6 Å². The van der Waals surface area contributed by atoms with Crippen LogP contribution in [0, 0.1) is 0 Å². The van der Waals surface area contributed by atoms with Gasteiger partial charge in [-0.2, -0.15) is 0 Å². The summed E-state index contributed by atoms with van der Waals surface area (Å²) in [5, 5.41) is 72.1. The SMILES string of the molecule is CCCCC/C=C\C/C=C\CCCCCCCCCCOCC(COC1OC(COC2OC(CO)C(O)C(O)C2O)C(O)C(O)C1O)OC(=O)CCCCCCC/C=C\C/C=C\CCCCC. The van der Waals surface area contributed by atoms with Gasteiger partial charge in [0.25, 0.3) is 0 Å². The molecule has 0 radical (unpaired) electrons. The summed E-state index contributed by atoms with van der Waals surface area (Å²) in [6.07, 6.45) is 30.2. The Hall–Kier alpha value is -2.05. The molecule has 7 N–H and O–H groups in total. The highest BCUT2D eigenvalue weighted by Gasteiger charge is 2.47. The minimum absolute atomic E-state index is 0.0508. The van der Waals surface area contributed by atoms with Gasteiger partial charge in [0.2, 0.25) is 0 Å². The molecule has 0 bridgehead atoms. The second-order valence-corrected chi connectivity index (χ2v) is 18.3. The second kappa shape index (κ2) is 40.7. The summed E-state index contributed by atoms with van der Waals surface area (Å²) in [5.41, 5.74) is 0. The topological polar surface area (TPSA) is 214 Å². The van der Waals surface area contributed by atoms with E-state index in [-0.39, 0.29) is 19.6 Å². The molecule has 0 saturated carbocycles. The molecule has 2 rings (SSSR count). The zero-order chi connectivity index (χ0) is 48.7. The van der Waals surface area contributed by atoms with Crippen molar-refractivity contribution in [1.82, 2.24) is 0 Å². The molecule has 14 nitrogen and oxygen atoms in total. The van der Waals surface area contributed by atoms with Crippen LogP contribution in [-0.4, -0.2) is 142 Å². The predicted octanol–water partition coefficient (Wildman–Crippen LogP) is 7.96. The summed E-state index contributed by atoms with van der Waals surface area (Å²) >= 11 is 0. The molecule has 0 aromatic carbocycles. The Bertz CT molecular complexity index is 1290. The van der Waals surface area contributed by atoms with Crippen LogP contribution < -0.4 is 0 Å². The third-order valence-electron chi connectivity index (χ3n) is 12.3. The molecule has 2 saturated heterocycles. The van der Waals surface area contributed by atoms with Gasteiger partial charge >= 0.3 is 5.97 Å². The molecule has 0 aromatic rings. The number of aliphatic hydroxyl groups is 7. The first-order chi connectivity index (χ1) is 32.6. The van der Waals surface area contributed by atoms with Crippen molar-refractivity contribution in [1.29, 1.82) is 0 Å². The Morgan fingerprint density at radius 3 is 1.43 bits per heavy atom. The first-order valence-electron chi connectivity index (χ1n) is 26.2. The van der Waals surface area contributed by atoms with Crippen molar-refractivity contribution in [2.45, 2.75) is 248 Å². The van der Waals surface area contributed by atoms with Gasteiger partial charge < -0.3 is 64.2 Å². The smallest absolute Gasteiger partial charge is 0.306 e. The number of hydrogen-bond donors (Lipinski definition) is 7. The minimum Gasteiger partial charge on any atom is -0.457 e. The minimum atomic E-state index is -1.71. The highest BCUT2D eigenvalue weighted by Crippen LogP contribution is 2.26.